The van der Waals surface area contributed by atoms with Crippen molar-refractivity contribution in [3.63, 3.8) is 0 Å². The standard InChI is InChI=1S/C12H24N4O2.HI/c1-18-8-7-14-11(17)9-15-12(13)16-10-5-3-2-4-6-10;/h10H,2-9H2,1H3,(H,14,17)(H3,13,15,16);1H. The average Bonchev–Trinajstić information content (AvgIpc) is 2.38. The molecule has 19 heavy (non-hydrogen) atoms. The number of nitrogens with zero attached hydrogens (tertiary/aromatic N) is 1. The van der Waals surface area contributed by atoms with Gasteiger partial charge in [0.1, 0.15) is 6.54 Å². The number of aliphatic imine (C=N–C) groups is 1. The summed E-state index contributed by atoms with van der Waals surface area (Å²) >= 11 is 0. The van der Waals surface area contributed by atoms with Gasteiger partial charge in [-0.15, -0.1) is 24.0 Å². The average molecular weight is 384 g/mol. The fourth-order valence-electron chi connectivity index (χ4n) is 2.01. The lowest BCUT2D eigenvalue weighted by Gasteiger charge is -2.23. The third-order valence-corrected chi connectivity index (χ3v) is 2.98. The highest BCUT2D eigenvalue weighted by Crippen LogP contribution is 2.16. The molecular weight excluding hydrogens is 359 g/mol. The third-order valence-electron chi connectivity index (χ3n) is 2.98. The number of carbonyl (C=O) groups is 1. The van der Waals surface area contributed by atoms with Crippen LogP contribution in [-0.2, 0) is 9.53 Å². The van der Waals surface area contributed by atoms with Crippen molar-refractivity contribution >= 4 is 35.8 Å². The second-order valence-corrected chi connectivity index (χ2v) is 4.52. The smallest absolute Gasteiger partial charge is 0.241 e. The third kappa shape index (κ3) is 9.04. The van der Waals surface area contributed by atoms with Crippen LogP contribution in [0.25, 0.3) is 0 Å². The maximum atomic E-state index is 11.4. The van der Waals surface area contributed by atoms with Gasteiger partial charge in [-0.3, -0.25) is 4.79 Å². The molecule has 0 bridgehead atoms. The Kier molecular flexibility index (Phi) is 10.9. The largest absolute Gasteiger partial charge is 0.383 e. The Bertz CT molecular complexity index is 281. The van der Waals surface area contributed by atoms with Crippen molar-refractivity contribution < 1.29 is 9.53 Å². The molecule has 0 atom stereocenters. The predicted molar refractivity (Wildman–Crippen MR) is 86.8 cm³/mol. The Morgan fingerprint density at radius 1 is 1.37 bits per heavy atom. The highest BCUT2D eigenvalue weighted by Gasteiger charge is 2.13. The van der Waals surface area contributed by atoms with Gasteiger partial charge in [0.05, 0.1) is 6.61 Å². The summed E-state index contributed by atoms with van der Waals surface area (Å²) in [7, 11) is 1.59. The van der Waals surface area contributed by atoms with Crippen molar-refractivity contribution in [1.29, 1.82) is 0 Å². The molecule has 0 unspecified atom stereocenters. The van der Waals surface area contributed by atoms with Crippen molar-refractivity contribution in [3.05, 3.63) is 0 Å². The number of hydrogen-bond acceptors (Lipinski definition) is 3. The molecule has 0 heterocycles. The molecule has 6 nitrogen and oxygen atoms in total. The zero-order valence-electron chi connectivity index (χ0n) is 11.5. The number of nitrogens with one attached hydrogen (secondary N) is 2. The first kappa shape index (κ1) is 18.4. The Labute approximate surface area is 132 Å². The van der Waals surface area contributed by atoms with Gasteiger partial charge in [-0.2, -0.15) is 0 Å². The maximum absolute atomic E-state index is 11.4. The number of methoxy groups -OCH3 is 1. The molecule has 0 aromatic heterocycles. The highest BCUT2D eigenvalue weighted by atomic mass is 127. The van der Waals surface area contributed by atoms with Crippen molar-refractivity contribution in [1.82, 2.24) is 10.6 Å². The van der Waals surface area contributed by atoms with Crippen LogP contribution in [-0.4, -0.2) is 44.7 Å². The summed E-state index contributed by atoms with van der Waals surface area (Å²) in [6.45, 7) is 1.07. The summed E-state index contributed by atoms with van der Waals surface area (Å²) in [4.78, 5) is 15.4. The van der Waals surface area contributed by atoms with Crippen molar-refractivity contribution in [2.75, 3.05) is 26.8 Å². The fraction of sp³-hybridized carbons (Fsp3) is 0.833. The summed E-state index contributed by atoms with van der Waals surface area (Å²) in [5.74, 6) is 0.226. The lowest BCUT2D eigenvalue weighted by molar-refractivity contribution is -0.119. The molecule has 0 saturated heterocycles. The second kappa shape index (κ2) is 11.3. The van der Waals surface area contributed by atoms with Crippen molar-refractivity contribution in [2.24, 2.45) is 10.7 Å². The zero-order valence-corrected chi connectivity index (χ0v) is 13.8. The summed E-state index contributed by atoms with van der Waals surface area (Å²) in [6.07, 6.45) is 6.05. The summed E-state index contributed by atoms with van der Waals surface area (Å²) in [5.41, 5.74) is 5.74. The van der Waals surface area contributed by atoms with E-state index >= 15 is 0 Å². The molecule has 1 rings (SSSR count). The predicted octanol–water partition coefficient (Wildman–Crippen LogP) is 0.604. The number of amides is 1. The normalized spacial score (nSPS) is 16.6. The van der Waals surface area contributed by atoms with Crippen LogP contribution in [0.15, 0.2) is 4.99 Å². The Hall–Kier alpha value is -0.570. The van der Waals surface area contributed by atoms with Gasteiger partial charge in [0.15, 0.2) is 5.96 Å². The molecule has 112 valence electrons. The maximum Gasteiger partial charge on any atom is 0.241 e. The quantitative estimate of drug-likeness (QED) is 0.271. The summed E-state index contributed by atoms with van der Waals surface area (Å²) in [5, 5.41) is 5.85. The van der Waals surface area contributed by atoms with Gasteiger partial charge in [-0.05, 0) is 12.8 Å². The Balaban J connectivity index is 0.00000324. The second-order valence-electron chi connectivity index (χ2n) is 4.52. The lowest BCUT2D eigenvalue weighted by Crippen LogP contribution is -2.41. The first-order valence-corrected chi connectivity index (χ1v) is 6.54. The van der Waals surface area contributed by atoms with Gasteiger partial charge in [-0.25, -0.2) is 4.99 Å². The minimum absolute atomic E-state index is 0. The number of nitrogens with two attached hydrogens (primary N) is 1. The van der Waals surface area contributed by atoms with E-state index in [0.29, 0.717) is 25.2 Å². The van der Waals surface area contributed by atoms with Crippen molar-refractivity contribution in [3.8, 4) is 0 Å². The topological polar surface area (TPSA) is 88.7 Å². The number of guanidine groups is 1. The molecule has 0 radical (unpaired) electrons. The van der Waals surface area contributed by atoms with Gasteiger partial charge in [-0.1, -0.05) is 19.3 Å². The van der Waals surface area contributed by atoms with Crippen LogP contribution >= 0.6 is 24.0 Å². The molecule has 0 spiro atoms. The summed E-state index contributed by atoms with van der Waals surface area (Å²) in [6, 6.07) is 0.416. The first-order chi connectivity index (χ1) is 8.72. The van der Waals surface area contributed by atoms with Gasteiger partial charge in [0.2, 0.25) is 5.91 Å². The molecule has 4 N–H and O–H groups in total. The van der Waals surface area contributed by atoms with Crippen LogP contribution < -0.4 is 16.4 Å². The molecule has 0 aliphatic heterocycles. The van der Waals surface area contributed by atoms with Gasteiger partial charge in [0, 0.05) is 19.7 Å². The van der Waals surface area contributed by atoms with Crippen LogP contribution in [0.5, 0.6) is 0 Å². The number of carbonyl (C=O) groups excluding carboxylic acids is 1. The van der Waals surface area contributed by atoms with E-state index in [1.165, 1.54) is 19.3 Å². The van der Waals surface area contributed by atoms with E-state index in [1.807, 2.05) is 0 Å². The molecule has 0 aromatic rings. The van der Waals surface area contributed by atoms with Crippen LogP contribution in [0.2, 0.25) is 0 Å². The fourth-order valence-corrected chi connectivity index (χ4v) is 2.01. The minimum Gasteiger partial charge on any atom is -0.383 e. The molecule has 1 saturated carbocycles. The molecule has 1 amide bonds. The lowest BCUT2D eigenvalue weighted by atomic mass is 9.96. The highest BCUT2D eigenvalue weighted by molar-refractivity contribution is 14.0. The van der Waals surface area contributed by atoms with Crippen LogP contribution in [0.4, 0.5) is 0 Å². The first-order valence-electron chi connectivity index (χ1n) is 6.54. The minimum atomic E-state index is -0.138. The Morgan fingerprint density at radius 2 is 2.05 bits per heavy atom. The van der Waals surface area contributed by atoms with Gasteiger partial charge in [0.25, 0.3) is 0 Å². The van der Waals surface area contributed by atoms with E-state index < -0.39 is 0 Å². The van der Waals surface area contributed by atoms with Crippen LogP contribution in [0.3, 0.4) is 0 Å². The molecular formula is C12H25IN4O2. The number of halogens is 1. The molecule has 1 aliphatic rings. The van der Waals surface area contributed by atoms with Gasteiger partial charge < -0.3 is 21.1 Å². The Morgan fingerprint density at radius 3 is 2.68 bits per heavy atom. The SMILES string of the molecule is COCCNC(=O)CN=C(N)NC1CCCCC1.I. The zero-order chi connectivity index (χ0) is 13.2. The van der Waals surface area contributed by atoms with Gasteiger partial charge >= 0.3 is 0 Å². The van der Waals surface area contributed by atoms with Crippen LogP contribution in [0.1, 0.15) is 32.1 Å². The summed E-state index contributed by atoms with van der Waals surface area (Å²) < 4.78 is 4.83. The van der Waals surface area contributed by atoms with E-state index in [1.54, 1.807) is 7.11 Å². The molecule has 1 fully saturated rings. The van der Waals surface area contributed by atoms with E-state index in [0.717, 1.165) is 12.8 Å². The van der Waals surface area contributed by atoms with E-state index in [-0.39, 0.29) is 36.4 Å². The van der Waals surface area contributed by atoms with E-state index in [9.17, 15) is 4.79 Å². The number of hydrogen-bond donors (Lipinski definition) is 3. The number of ether oxygens (including phenoxy) is 1. The number of rotatable bonds is 6. The monoisotopic (exact) mass is 384 g/mol. The van der Waals surface area contributed by atoms with E-state index in [4.69, 9.17) is 10.5 Å². The molecule has 1 aliphatic carbocycles. The van der Waals surface area contributed by atoms with Crippen molar-refractivity contribution in [2.45, 2.75) is 38.1 Å². The van der Waals surface area contributed by atoms with Crippen LogP contribution in [0, 0.1) is 0 Å². The van der Waals surface area contributed by atoms with E-state index in [2.05, 4.69) is 15.6 Å². The molecule has 7 heteroatoms. The molecule has 0 aromatic carbocycles.